The molecule has 0 fully saturated rings. The van der Waals surface area contributed by atoms with Crippen LogP contribution in [0.5, 0.6) is 0 Å². The van der Waals surface area contributed by atoms with E-state index in [-0.39, 0.29) is 11.9 Å². The van der Waals surface area contributed by atoms with E-state index in [0.29, 0.717) is 11.4 Å². The summed E-state index contributed by atoms with van der Waals surface area (Å²) in [6.07, 6.45) is 0. The molecule has 0 saturated carbocycles. The van der Waals surface area contributed by atoms with Gasteiger partial charge in [-0.2, -0.15) is 0 Å². The summed E-state index contributed by atoms with van der Waals surface area (Å²) in [5, 5.41) is 3.02. The van der Waals surface area contributed by atoms with Crippen molar-refractivity contribution in [2.24, 2.45) is 0 Å². The molecule has 0 saturated heterocycles. The third-order valence-electron chi connectivity index (χ3n) is 3.35. The van der Waals surface area contributed by atoms with E-state index in [0.717, 1.165) is 11.1 Å². The molecule has 2 nitrogen and oxygen atoms in total. The quantitative estimate of drug-likeness (QED) is 0.838. The molecule has 2 aromatic carbocycles. The lowest BCUT2D eigenvalue weighted by atomic mass is 10.0. The monoisotopic (exact) mass is 287 g/mol. The molecule has 1 atom stereocenters. The molecule has 0 unspecified atom stereocenters. The van der Waals surface area contributed by atoms with Crippen molar-refractivity contribution in [1.82, 2.24) is 5.32 Å². The Morgan fingerprint density at radius 3 is 2.65 bits per heavy atom. The molecular weight excluding hydrogens is 270 g/mol. The molecule has 2 aromatic rings. The predicted octanol–water partition coefficient (Wildman–Crippen LogP) is 4.22. The maximum Gasteiger partial charge on any atom is 0.251 e. The first kappa shape index (κ1) is 14.6. The molecule has 0 spiro atoms. The Morgan fingerprint density at radius 1 is 1.20 bits per heavy atom. The lowest BCUT2D eigenvalue weighted by Gasteiger charge is -2.16. The fraction of sp³-hybridized carbons (Fsp3) is 0.235. The van der Waals surface area contributed by atoms with Crippen LogP contribution >= 0.6 is 11.6 Å². The summed E-state index contributed by atoms with van der Waals surface area (Å²) in [5.74, 6) is 0.335. The number of nitrogens with one attached hydrogen (secondary N) is 1. The minimum Gasteiger partial charge on any atom is -0.346 e. The summed E-state index contributed by atoms with van der Waals surface area (Å²) >= 11 is 5.79. The Hall–Kier alpha value is -1.80. The van der Waals surface area contributed by atoms with Crippen LogP contribution in [0.15, 0.2) is 48.5 Å². The maximum atomic E-state index is 12.3. The summed E-state index contributed by atoms with van der Waals surface area (Å²) in [4.78, 5) is 12.3. The molecule has 0 aliphatic heterocycles. The first-order valence-corrected chi connectivity index (χ1v) is 7.16. The van der Waals surface area contributed by atoms with Crippen LogP contribution in [-0.2, 0) is 5.88 Å². The highest BCUT2D eigenvalue weighted by molar-refractivity contribution is 6.17. The van der Waals surface area contributed by atoms with Crippen molar-refractivity contribution >= 4 is 17.5 Å². The highest BCUT2D eigenvalue weighted by Crippen LogP contribution is 2.17. The zero-order valence-corrected chi connectivity index (χ0v) is 12.4. The molecule has 2 rings (SSSR count). The second-order valence-electron chi connectivity index (χ2n) is 4.89. The van der Waals surface area contributed by atoms with E-state index >= 15 is 0 Å². The molecule has 1 N–H and O–H groups in total. The maximum absolute atomic E-state index is 12.3. The molecule has 0 radical (unpaired) electrons. The van der Waals surface area contributed by atoms with E-state index < -0.39 is 0 Å². The number of carbonyl (C=O) groups is 1. The van der Waals surface area contributed by atoms with Gasteiger partial charge in [0.25, 0.3) is 5.91 Å². The smallest absolute Gasteiger partial charge is 0.251 e. The van der Waals surface area contributed by atoms with Gasteiger partial charge < -0.3 is 5.32 Å². The Kier molecular flexibility index (Phi) is 4.80. The second kappa shape index (κ2) is 6.58. The van der Waals surface area contributed by atoms with Gasteiger partial charge in [-0.05, 0) is 42.7 Å². The average molecular weight is 288 g/mol. The summed E-state index contributed by atoms with van der Waals surface area (Å²) < 4.78 is 0. The first-order chi connectivity index (χ1) is 9.61. The predicted molar refractivity (Wildman–Crippen MR) is 83.1 cm³/mol. The Bertz CT molecular complexity index is 609. The van der Waals surface area contributed by atoms with Gasteiger partial charge >= 0.3 is 0 Å². The van der Waals surface area contributed by atoms with E-state index in [2.05, 4.69) is 5.32 Å². The Morgan fingerprint density at radius 2 is 1.95 bits per heavy atom. The van der Waals surface area contributed by atoms with Crippen LogP contribution in [0.2, 0.25) is 0 Å². The fourth-order valence-electron chi connectivity index (χ4n) is 2.23. The number of rotatable bonds is 4. The lowest BCUT2D eigenvalue weighted by Crippen LogP contribution is -2.27. The van der Waals surface area contributed by atoms with E-state index in [9.17, 15) is 4.79 Å². The molecule has 0 aromatic heterocycles. The number of amides is 1. The highest BCUT2D eigenvalue weighted by Gasteiger charge is 2.12. The summed E-state index contributed by atoms with van der Waals surface area (Å²) in [7, 11) is 0. The number of halogens is 1. The van der Waals surface area contributed by atoms with Gasteiger partial charge in [-0.15, -0.1) is 11.6 Å². The summed E-state index contributed by atoms with van der Waals surface area (Å²) in [5.41, 5.74) is 3.90. The summed E-state index contributed by atoms with van der Waals surface area (Å²) in [6, 6.07) is 15.4. The van der Waals surface area contributed by atoms with E-state index in [1.165, 1.54) is 5.56 Å². The van der Waals surface area contributed by atoms with Crippen molar-refractivity contribution in [3.63, 3.8) is 0 Å². The number of hydrogen-bond donors (Lipinski definition) is 1. The molecular formula is C17H18ClNO. The number of alkyl halides is 1. The average Bonchev–Trinajstić information content (AvgIpc) is 2.47. The third kappa shape index (κ3) is 3.40. The second-order valence-corrected chi connectivity index (χ2v) is 5.15. The zero-order valence-electron chi connectivity index (χ0n) is 11.7. The van der Waals surface area contributed by atoms with Crippen molar-refractivity contribution in [3.05, 3.63) is 70.8 Å². The van der Waals surface area contributed by atoms with Gasteiger partial charge in [0.05, 0.1) is 6.04 Å². The van der Waals surface area contributed by atoms with Crippen LogP contribution in [0.1, 0.15) is 40.0 Å². The van der Waals surface area contributed by atoms with Crippen LogP contribution in [0.4, 0.5) is 0 Å². The minimum atomic E-state index is -0.0762. The highest BCUT2D eigenvalue weighted by atomic mass is 35.5. The van der Waals surface area contributed by atoms with Crippen molar-refractivity contribution in [2.45, 2.75) is 25.8 Å². The minimum absolute atomic E-state index is 0.0247. The van der Waals surface area contributed by atoms with Crippen LogP contribution in [0.3, 0.4) is 0 Å². The Balaban J connectivity index is 2.13. The van der Waals surface area contributed by atoms with E-state index in [4.69, 9.17) is 11.6 Å². The normalized spacial score (nSPS) is 11.9. The van der Waals surface area contributed by atoms with Crippen LogP contribution in [0, 0.1) is 6.92 Å². The number of aryl methyl sites for hydroxylation is 1. The number of hydrogen-bond acceptors (Lipinski definition) is 1. The molecule has 0 heterocycles. The standard InChI is InChI=1S/C17H18ClNO/c1-12-6-3-4-9-16(12)13(2)19-17(20)15-8-5-7-14(10-15)11-18/h3-10,13H,11H2,1-2H3,(H,19,20)/t13-/m1/s1. The molecule has 0 aliphatic carbocycles. The summed E-state index contributed by atoms with van der Waals surface area (Å²) in [6.45, 7) is 4.04. The number of carbonyl (C=O) groups excluding carboxylic acids is 1. The molecule has 1 amide bonds. The van der Waals surface area contributed by atoms with Gasteiger partial charge in [-0.25, -0.2) is 0 Å². The van der Waals surface area contributed by atoms with Gasteiger partial charge in [0.1, 0.15) is 0 Å². The van der Waals surface area contributed by atoms with E-state index in [1.807, 2.05) is 56.3 Å². The Labute approximate surface area is 124 Å². The van der Waals surface area contributed by atoms with Crippen molar-refractivity contribution in [1.29, 1.82) is 0 Å². The van der Waals surface area contributed by atoms with Gasteiger partial charge in [0, 0.05) is 11.4 Å². The SMILES string of the molecule is Cc1ccccc1[C@@H](C)NC(=O)c1cccc(CCl)c1. The molecule has 3 heteroatoms. The molecule has 20 heavy (non-hydrogen) atoms. The van der Waals surface area contributed by atoms with Gasteiger partial charge in [0.2, 0.25) is 0 Å². The van der Waals surface area contributed by atoms with Crippen LogP contribution in [0.25, 0.3) is 0 Å². The third-order valence-corrected chi connectivity index (χ3v) is 3.65. The van der Waals surface area contributed by atoms with E-state index in [1.54, 1.807) is 6.07 Å². The fourth-order valence-corrected chi connectivity index (χ4v) is 2.39. The van der Waals surface area contributed by atoms with Crippen molar-refractivity contribution < 1.29 is 4.79 Å². The molecule has 0 bridgehead atoms. The number of benzene rings is 2. The zero-order chi connectivity index (χ0) is 14.5. The van der Waals surface area contributed by atoms with Crippen molar-refractivity contribution in [3.8, 4) is 0 Å². The topological polar surface area (TPSA) is 29.1 Å². The van der Waals surface area contributed by atoms with Crippen molar-refractivity contribution in [2.75, 3.05) is 0 Å². The molecule has 104 valence electrons. The first-order valence-electron chi connectivity index (χ1n) is 6.63. The van der Waals surface area contributed by atoms with Gasteiger partial charge in [0.15, 0.2) is 0 Å². The van der Waals surface area contributed by atoms with Crippen LogP contribution in [-0.4, -0.2) is 5.91 Å². The molecule has 0 aliphatic rings. The van der Waals surface area contributed by atoms with Crippen LogP contribution < -0.4 is 5.32 Å². The van der Waals surface area contributed by atoms with Gasteiger partial charge in [-0.1, -0.05) is 36.4 Å². The largest absolute Gasteiger partial charge is 0.346 e. The lowest BCUT2D eigenvalue weighted by molar-refractivity contribution is 0.0939. The van der Waals surface area contributed by atoms with Gasteiger partial charge in [-0.3, -0.25) is 4.79 Å².